The van der Waals surface area contributed by atoms with E-state index in [4.69, 9.17) is 11.6 Å². The monoisotopic (exact) mass is 168 g/mol. The SMILES string of the molecule is ClCc1cnc(C2CC2)cn1. The summed E-state index contributed by atoms with van der Waals surface area (Å²) in [4.78, 5) is 8.43. The second-order valence-electron chi connectivity index (χ2n) is 2.84. The van der Waals surface area contributed by atoms with E-state index < -0.39 is 0 Å². The van der Waals surface area contributed by atoms with E-state index in [2.05, 4.69) is 9.97 Å². The van der Waals surface area contributed by atoms with E-state index in [0.717, 1.165) is 11.4 Å². The minimum absolute atomic E-state index is 0.456. The van der Waals surface area contributed by atoms with Gasteiger partial charge in [-0.15, -0.1) is 11.6 Å². The fourth-order valence-electron chi connectivity index (χ4n) is 1.02. The zero-order valence-corrected chi connectivity index (χ0v) is 6.88. The van der Waals surface area contributed by atoms with Crippen LogP contribution in [-0.4, -0.2) is 9.97 Å². The van der Waals surface area contributed by atoms with Crippen molar-refractivity contribution in [1.82, 2.24) is 9.97 Å². The van der Waals surface area contributed by atoms with Crippen LogP contribution >= 0.6 is 11.6 Å². The molecule has 2 nitrogen and oxygen atoms in total. The molecule has 0 N–H and O–H groups in total. The Labute approximate surface area is 70.6 Å². The standard InChI is InChI=1S/C8H9ClN2/c9-3-7-4-11-8(5-10-7)6-1-2-6/h4-6H,1-3H2. The molecule has 0 saturated heterocycles. The lowest BCUT2D eigenvalue weighted by Gasteiger charge is -1.96. The first-order chi connectivity index (χ1) is 5.40. The maximum Gasteiger partial charge on any atom is 0.0734 e. The van der Waals surface area contributed by atoms with Crippen molar-refractivity contribution < 1.29 is 0 Å². The van der Waals surface area contributed by atoms with Crippen LogP contribution in [0.15, 0.2) is 12.4 Å². The van der Waals surface area contributed by atoms with Crippen LogP contribution in [0, 0.1) is 0 Å². The predicted molar refractivity (Wildman–Crippen MR) is 43.6 cm³/mol. The van der Waals surface area contributed by atoms with E-state index >= 15 is 0 Å². The molecule has 1 aliphatic rings. The lowest BCUT2D eigenvalue weighted by molar-refractivity contribution is 0.961. The molecule has 0 radical (unpaired) electrons. The number of hydrogen-bond acceptors (Lipinski definition) is 2. The Balaban J connectivity index is 2.19. The Morgan fingerprint density at radius 2 is 2.18 bits per heavy atom. The minimum Gasteiger partial charge on any atom is -0.257 e. The summed E-state index contributed by atoms with van der Waals surface area (Å²) < 4.78 is 0. The molecular weight excluding hydrogens is 160 g/mol. The van der Waals surface area contributed by atoms with Gasteiger partial charge in [-0.2, -0.15) is 0 Å². The molecule has 2 rings (SSSR count). The highest BCUT2D eigenvalue weighted by molar-refractivity contribution is 6.16. The largest absolute Gasteiger partial charge is 0.257 e. The number of alkyl halides is 1. The van der Waals surface area contributed by atoms with Crippen molar-refractivity contribution in [2.45, 2.75) is 24.6 Å². The van der Waals surface area contributed by atoms with Gasteiger partial charge in [-0.25, -0.2) is 0 Å². The van der Waals surface area contributed by atoms with Crippen molar-refractivity contribution in [2.24, 2.45) is 0 Å². The molecule has 1 aromatic rings. The summed E-state index contributed by atoms with van der Waals surface area (Å²) in [5.74, 6) is 1.14. The van der Waals surface area contributed by atoms with Crippen LogP contribution in [0.2, 0.25) is 0 Å². The molecule has 0 aliphatic heterocycles. The van der Waals surface area contributed by atoms with Crippen LogP contribution in [-0.2, 0) is 5.88 Å². The van der Waals surface area contributed by atoms with Gasteiger partial charge >= 0.3 is 0 Å². The molecule has 58 valence electrons. The first-order valence-corrected chi connectivity index (χ1v) is 4.30. The Morgan fingerprint density at radius 3 is 2.64 bits per heavy atom. The van der Waals surface area contributed by atoms with Crippen LogP contribution in [0.1, 0.15) is 30.1 Å². The molecular formula is C8H9ClN2. The van der Waals surface area contributed by atoms with E-state index in [1.165, 1.54) is 12.8 Å². The molecule has 1 saturated carbocycles. The highest BCUT2D eigenvalue weighted by atomic mass is 35.5. The molecule has 3 heteroatoms. The molecule has 0 unspecified atom stereocenters. The molecule has 0 spiro atoms. The van der Waals surface area contributed by atoms with Crippen molar-refractivity contribution in [3.63, 3.8) is 0 Å². The van der Waals surface area contributed by atoms with Crippen LogP contribution in [0.5, 0.6) is 0 Å². The van der Waals surface area contributed by atoms with Gasteiger partial charge in [-0.3, -0.25) is 9.97 Å². The summed E-state index contributed by atoms with van der Waals surface area (Å²) in [6.45, 7) is 0. The van der Waals surface area contributed by atoms with Crippen LogP contribution < -0.4 is 0 Å². The highest BCUT2D eigenvalue weighted by Gasteiger charge is 2.24. The van der Waals surface area contributed by atoms with E-state index in [1.54, 1.807) is 6.20 Å². The second kappa shape index (κ2) is 2.78. The Kier molecular flexibility index (Phi) is 1.78. The maximum atomic E-state index is 5.57. The smallest absolute Gasteiger partial charge is 0.0734 e. The van der Waals surface area contributed by atoms with Gasteiger partial charge in [0.25, 0.3) is 0 Å². The second-order valence-corrected chi connectivity index (χ2v) is 3.11. The summed E-state index contributed by atoms with van der Waals surface area (Å²) in [6.07, 6.45) is 6.15. The van der Waals surface area contributed by atoms with Gasteiger partial charge in [0.1, 0.15) is 0 Å². The van der Waals surface area contributed by atoms with Gasteiger partial charge in [-0.05, 0) is 12.8 Å². The summed E-state index contributed by atoms with van der Waals surface area (Å²) in [7, 11) is 0. The van der Waals surface area contributed by atoms with Gasteiger partial charge in [0.15, 0.2) is 0 Å². The zero-order chi connectivity index (χ0) is 7.68. The first kappa shape index (κ1) is 7.04. The van der Waals surface area contributed by atoms with Crippen LogP contribution in [0.25, 0.3) is 0 Å². The number of hydrogen-bond donors (Lipinski definition) is 0. The van der Waals surface area contributed by atoms with Gasteiger partial charge in [0, 0.05) is 18.3 Å². The topological polar surface area (TPSA) is 25.8 Å². The summed E-state index contributed by atoms with van der Waals surface area (Å²) in [5.41, 5.74) is 1.98. The van der Waals surface area contributed by atoms with Crippen molar-refractivity contribution in [2.75, 3.05) is 0 Å². The summed E-state index contributed by atoms with van der Waals surface area (Å²) in [6, 6.07) is 0. The number of rotatable bonds is 2. The molecule has 11 heavy (non-hydrogen) atoms. The number of halogens is 1. The molecule has 1 aromatic heterocycles. The van der Waals surface area contributed by atoms with Gasteiger partial charge in [0.05, 0.1) is 17.3 Å². The van der Waals surface area contributed by atoms with E-state index in [1.807, 2.05) is 6.20 Å². The lowest BCUT2D eigenvalue weighted by Crippen LogP contribution is -1.91. The summed E-state index contributed by atoms with van der Waals surface area (Å²) >= 11 is 5.57. The third-order valence-electron chi connectivity index (χ3n) is 1.86. The predicted octanol–water partition coefficient (Wildman–Crippen LogP) is 2.09. The molecule has 0 atom stereocenters. The number of nitrogens with zero attached hydrogens (tertiary/aromatic N) is 2. The Hall–Kier alpha value is -0.630. The van der Waals surface area contributed by atoms with Crippen LogP contribution in [0.4, 0.5) is 0 Å². The molecule has 1 aliphatic carbocycles. The van der Waals surface area contributed by atoms with E-state index in [9.17, 15) is 0 Å². The summed E-state index contributed by atoms with van der Waals surface area (Å²) in [5, 5.41) is 0. The molecule has 0 aromatic carbocycles. The van der Waals surface area contributed by atoms with Crippen molar-refractivity contribution in [1.29, 1.82) is 0 Å². The average molecular weight is 169 g/mol. The van der Waals surface area contributed by atoms with Crippen molar-refractivity contribution in [3.05, 3.63) is 23.8 Å². The average Bonchev–Trinajstić information content (AvgIpc) is 2.87. The minimum atomic E-state index is 0.456. The zero-order valence-electron chi connectivity index (χ0n) is 6.13. The maximum absolute atomic E-state index is 5.57. The lowest BCUT2D eigenvalue weighted by atomic mass is 10.3. The van der Waals surface area contributed by atoms with Gasteiger partial charge in [0.2, 0.25) is 0 Å². The molecule has 0 amide bonds. The highest BCUT2D eigenvalue weighted by Crippen LogP contribution is 2.38. The molecule has 1 heterocycles. The van der Waals surface area contributed by atoms with Crippen LogP contribution in [0.3, 0.4) is 0 Å². The first-order valence-electron chi connectivity index (χ1n) is 3.77. The van der Waals surface area contributed by atoms with Gasteiger partial charge < -0.3 is 0 Å². The third-order valence-corrected chi connectivity index (χ3v) is 2.13. The van der Waals surface area contributed by atoms with Gasteiger partial charge in [-0.1, -0.05) is 0 Å². The van der Waals surface area contributed by atoms with Crippen molar-refractivity contribution in [3.8, 4) is 0 Å². The fourth-order valence-corrected chi connectivity index (χ4v) is 1.16. The van der Waals surface area contributed by atoms with Crippen molar-refractivity contribution >= 4 is 11.6 Å². The Morgan fingerprint density at radius 1 is 1.36 bits per heavy atom. The Bertz CT molecular complexity index is 241. The molecule has 0 bridgehead atoms. The van der Waals surface area contributed by atoms with E-state index in [-0.39, 0.29) is 0 Å². The molecule has 1 fully saturated rings. The third kappa shape index (κ3) is 1.51. The quantitative estimate of drug-likeness (QED) is 0.632. The van der Waals surface area contributed by atoms with E-state index in [0.29, 0.717) is 11.8 Å². The normalized spacial score (nSPS) is 16.8. The fraction of sp³-hybridized carbons (Fsp3) is 0.500. The number of aromatic nitrogens is 2.